The topological polar surface area (TPSA) is 47.6 Å². The molecule has 0 spiro atoms. The Hall–Kier alpha value is -2.98. The van der Waals surface area contributed by atoms with Gasteiger partial charge < -0.3 is 14.8 Å². The molecule has 0 saturated carbocycles. The van der Waals surface area contributed by atoms with Crippen molar-refractivity contribution in [2.24, 2.45) is 0 Å². The Kier molecular flexibility index (Phi) is 5.99. The number of rotatable bonds is 6. The van der Waals surface area contributed by atoms with Gasteiger partial charge in [0.15, 0.2) is 6.10 Å². The number of amides is 1. The molecule has 3 rings (SSSR count). The first kappa shape index (κ1) is 18.8. The van der Waals surface area contributed by atoms with Crippen molar-refractivity contribution in [3.8, 4) is 22.6 Å². The summed E-state index contributed by atoms with van der Waals surface area (Å²) in [5.74, 6) is 0.922. The monoisotopic (exact) mass is 381 g/mol. The Labute approximate surface area is 163 Å². The third-order valence-electron chi connectivity index (χ3n) is 4.06. The molecule has 0 radical (unpaired) electrons. The van der Waals surface area contributed by atoms with Crippen LogP contribution in [0.1, 0.15) is 6.92 Å². The lowest BCUT2D eigenvalue weighted by molar-refractivity contribution is -0.122. The summed E-state index contributed by atoms with van der Waals surface area (Å²) in [7, 11) is 1.54. The van der Waals surface area contributed by atoms with Crippen molar-refractivity contribution in [1.29, 1.82) is 0 Å². The van der Waals surface area contributed by atoms with Crippen molar-refractivity contribution in [2.75, 3.05) is 12.4 Å². The second-order valence-electron chi connectivity index (χ2n) is 5.99. The van der Waals surface area contributed by atoms with Gasteiger partial charge in [0.2, 0.25) is 0 Å². The van der Waals surface area contributed by atoms with Crippen molar-refractivity contribution < 1.29 is 14.3 Å². The number of ether oxygens (including phenoxy) is 2. The van der Waals surface area contributed by atoms with Crippen molar-refractivity contribution in [1.82, 2.24) is 0 Å². The number of carbonyl (C=O) groups excluding carboxylic acids is 1. The second-order valence-corrected chi connectivity index (χ2v) is 6.40. The highest BCUT2D eigenvalue weighted by molar-refractivity contribution is 6.32. The van der Waals surface area contributed by atoms with E-state index in [9.17, 15) is 4.79 Å². The van der Waals surface area contributed by atoms with E-state index in [-0.39, 0.29) is 5.91 Å². The van der Waals surface area contributed by atoms with Crippen molar-refractivity contribution in [3.63, 3.8) is 0 Å². The van der Waals surface area contributed by atoms with Gasteiger partial charge in [-0.2, -0.15) is 0 Å². The first-order valence-electron chi connectivity index (χ1n) is 8.53. The van der Waals surface area contributed by atoms with Crippen LogP contribution >= 0.6 is 11.6 Å². The molecule has 0 aromatic heterocycles. The van der Waals surface area contributed by atoms with Crippen LogP contribution in [0.4, 0.5) is 5.69 Å². The summed E-state index contributed by atoms with van der Waals surface area (Å²) in [5, 5.41) is 3.22. The molecule has 138 valence electrons. The van der Waals surface area contributed by atoms with Gasteiger partial charge in [0.05, 0.1) is 12.1 Å². The number of carbonyl (C=O) groups is 1. The molecule has 0 aliphatic heterocycles. The zero-order valence-electron chi connectivity index (χ0n) is 15.1. The van der Waals surface area contributed by atoms with Crippen LogP contribution in [0.25, 0.3) is 11.1 Å². The fourth-order valence-corrected chi connectivity index (χ4v) is 2.86. The minimum absolute atomic E-state index is 0.261. The summed E-state index contributed by atoms with van der Waals surface area (Å²) in [6.45, 7) is 1.70. The van der Waals surface area contributed by atoms with Gasteiger partial charge in [-0.05, 0) is 48.4 Å². The molecule has 5 heteroatoms. The van der Waals surface area contributed by atoms with E-state index in [1.54, 1.807) is 32.2 Å². The summed E-state index contributed by atoms with van der Waals surface area (Å²) in [6, 6.07) is 22.8. The molecule has 1 atom stereocenters. The zero-order valence-corrected chi connectivity index (χ0v) is 15.9. The molecule has 0 aliphatic rings. The molecule has 0 fully saturated rings. The maximum absolute atomic E-state index is 12.4. The van der Waals surface area contributed by atoms with Gasteiger partial charge in [0, 0.05) is 5.69 Å². The average Bonchev–Trinajstić information content (AvgIpc) is 2.69. The molecule has 1 N–H and O–H groups in total. The van der Waals surface area contributed by atoms with Crippen LogP contribution < -0.4 is 14.8 Å². The van der Waals surface area contributed by atoms with Crippen molar-refractivity contribution in [2.45, 2.75) is 13.0 Å². The third-order valence-corrected chi connectivity index (χ3v) is 4.36. The fraction of sp³-hybridized carbons (Fsp3) is 0.136. The lowest BCUT2D eigenvalue weighted by Crippen LogP contribution is -2.30. The normalized spacial score (nSPS) is 11.5. The lowest BCUT2D eigenvalue weighted by atomic mass is 10.1. The third kappa shape index (κ3) is 4.80. The predicted molar refractivity (Wildman–Crippen MR) is 109 cm³/mol. The van der Waals surface area contributed by atoms with E-state index in [4.69, 9.17) is 21.1 Å². The van der Waals surface area contributed by atoms with Crippen LogP contribution in [0.15, 0.2) is 72.8 Å². The first-order valence-corrected chi connectivity index (χ1v) is 8.91. The average molecular weight is 382 g/mol. The number of methoxy groups -OCH3 is 1. The van der Waals surface area contributed by atoms with Gasteiger partial charge >= 0.3 is 0 Å². The molecule has 1 amide bonds. The van der Waals surface area contributed by atoms with Gasteiger partial charge in [-0.25, -0.2) is 0 Å². The first-order chi connectivity index (χ1) is 13.1. The molecule has 1 unspecified atom stereocenters. The van der Waals surface area contributed by atoms with E-state index in [1.807, 2.05) is 54.6 Å². The van der Waals surface area contributed by atoms with Crippen LogP contribution in [0.2, 0.25) is 5.02 Å². The SMILES string of the molecule is COc1ccc(NC(=O)C(C)Oc2ccc(-c3ccccc3)cc2)cc1Cl. The maximum atomic E-state index is 12.4. The van der Waals surface area contributed by atoms with Gasteiger partial charge in [0.1, 0.15) is 11.5 Å². The van der Waals surface area contributed by atoms with Crippen LogP contribution in [0.5, 0.6) is 11.5 Å². The van der Waals surface area contributed by atoms with E-state index in [2.05, 4.69) is 5.32 Å². The molecule has 3 aromatic rings. The van der Waals surface area contributed by atoms with E-state index in [0.717, 1.165) is 11.1 Å². The summed E-state index contributed by atoms with van der Waals surface area (Å²) in [6.07, 6.45) is -0.659. The highest BCUT2D eigenvalue weighted by Gasteiger charge is 2.15. The minimum atomic E-state index is -0.659. The van der Waals surface area contributed by atoms with Crippen molar-refractivity contribution >= 4 is 23.2 Å². The second kappa shape index (κ2) is 8.60. The number of hydrogen-bond acceptors (Lipinski definition) is 3. The highest BCUT2D eigenvalue weighted by atomic mass is 35.5. The number of anilines is 1. The number of hydrogen-bond donors (Lipinski definition) is 1. The van der Waals surface area contributed by atoms with Gasteiger partial charge in [0.25, 0.3) is 5.91 Å². The summed E-state index contributed by atoms with van der Waals surface area (Å²) in [4.78, 5) is 12.4. The van der Waals surface area contributed by atoms with Crippen molar-refractivity contribution in [3.05, 3.63) is 77.8 Å². The van der Waals surface area contributed by atoms with Crippen LogP contribution in [0, 0.1) is 0 Å². The van der Waals surface area contributed by atoms with Gasteiger partial charge in [-0.15, -0.1) is 0 Å². The van der Waals surface area contributed by atoms with Gasteiger partial charge in [-0.1, -0.05) is 54.1 Å². The Morgan fingerprint density at radius 1 is 0.963 bits per heavy atom. The number of nitrogens with one attached hydrogen (secondary N) is 1. The number of halogens is 1. The molecule has 4 nitrogen and oxygen atoms in total. The largest absolute Gasteiger partial charge is 0.495 e. The van der Waals surface area contributed by atoms with E-state index in [0.29, 0.717) is 22.2 Å². The smallest absolute Gasteiger partial charge is 0.265 e. The Balaban J connectivity index is 1.62. The molecule has 0 aliphatic carbocycles. The maximum Gasteiger partial charge on any atom is 0.265 e. The van der Waals surface area contributed by atoms with E-state index < -0.39 is 6.10 Å². The Morgan fingerprint density at radius 3 is 2.26 bits per heavy atom. The number of benzene rings is 3. The van der Waals surface area contributed by atoms with Crippen LogP contribution in [0.3, 0.4) is 0 Å². The standard InChI is InChI=1S/C22H20ClNO3/c1-15(22(25)24-18-10-13-21(26-2)20(23)14-18)27-19-11-8-17(9-12-19)16-6-4-3-5-7-16/h3-15H,1-2H3,(H,24,25). The quantitative estimate of drug-likeness (QED) is 0.620. The van der Waals surface area contributed by atoms with E-state index in [1.165, 1.54) is 0 Å². The zero-order chi connectivity index (χ0) is 19.2. The van der Waals surface area contributed by atoms with Crippen LogP contribution in [-0.2, 0) is 4.79 Å². The Morgan fingerprint density at radius 2 is 1.63 bits per heavy atom. The molecule has 0 heterocycles. The molecule has 0 bridgehead atoms. The molecule has 3 aromatic carbocycles. The molecule has 0 saturated heterocycles. The molecular formula is C22H20ClNO3. The predicted octanol–water partition coefficient (Wildman–Crippen LogP) is 5.42. The summed E-state index contributed by atoms with van der Waals surface area (Å²) in [5.41, 5.74) is 2.81. The van der Waals surface area contributed by atoms with Crippen LogP contribution in [-0.4, -0.2) is 19.1 Å². The summed E-state index contributed by atoms with van der Waals surface area (Å²) >= 11 is 6.08. The highest BCUT2D eigenvalue weighted by Crippen LogP contribution is 2.27. The fourth-order valence-electron chi connectivity index (χ4n) is 2.60. The Bertz CT molecular complexity index is 911. The van der Waals surface area contributed by atoms with Gasteiger partial charge in [-0.3, -0.25) is 4.79 Å². The van der Waals surface area contributed by atoms with E-state index >= 15 is 0 Å². The minimum Gasteiger partial charge on any atom is -0.495 e. The lowest BCUT2D eigenvalue weighted by Gasteiger charge is -2.15. The molecular weight excluding hydrogens is 362 g/mol. The molecule has 27 heavy (non-hydrogen) atoms. The summed E-state index contributed by atoms with van der Waals surface area (Å²) < 4.78 is 10.8.